The van der Waals surface area contributed by atoms with Gasteiger partial charge in [0.25, 0.3) is 0 Å². The van der Waals surface area contributed by atoms with Crippen LogP contribution >= 0.6 is 0 Å². The molecule has 0 spiro atoms. The third-order valence-corrected chi connectivity index (χ3v) is 5.19. The van der Waals surface area contributed by atoms with Crippen molar-refractivity contribution in [1.82, 2.24) is 0 Å². The summed E-state index contributed by atoms with van der Waals surface area (Å²) in [5, 5.41) is 12.4. The van der Waals surface area contributed by atoms with Gasteiger partial charge in [-0.3, -0.25) is 4.79 Å². The van der Waals surface area contributed by atoms with Crippen molar-refractivity contribution in [3.8, 4) is 5.75 Å². The molecule has 2 N–H and O–H groups in total. The Morgan fingerprint density at radius 1 is 1.04 bits per heavy atom. The first-order chi connectivity index (χ1) is 12.9. The lowest BCUT2D eigenvalue weighted by Gasteiger charge is -2.25. The SMILES string of the molecule is Cc1ccc(NC(=O)Cc2ccc(OC3(C(=O)O)CCCC3)cc2)cc1C. The fraction of sp³-hybridized carbons (Fsp3) is 0.364. The molecule has 0 unspecified atom stereocenters. The topological polar surface area (TPSA) is 75.6 Å². The molecular formula is C22H25NO4. The zero-order valence-electron chi connectivity index (χ0n) is 15.7. The Bertz CT molecular complexity index is 836. The highest BCUT2D eigenvalue weighted by Gasteiger charge is 2.43. The van der Waals surface area contributed by atoms with Gasteiger partial charge in [-0.15, -0.1) is 0 Å². The Morgan fingerprint density at radius 2 is 1.70 bits per heavy atom. The maximum atomic E-state index is 12.3. The van der Waals surface area contributed by atoms with Gasteiger partial charge in [0, 0.05) is 5.69 Å². The number of amides is 1. The maximum Gasteiger partial charge on any atom is 0.348 e. The molecule has 3 rings (SSSR count). The Morgan fingerprint density at radius 3 is 2.30 bits per heavy atom. The molecule has 0 atom stereocenters. The van der Waals surface area contributed by atoms with Gasteiger partial charge in [-0.25, -0.2) is 4.79 Å². The molecule has 27 heavy (non-hydrogen) atoms. The summed E-state index contributed by atoms with van der Waals surface area (Å²) < 4.78 is 5.80. The van der Waals surface area contributed by atoms with Gasteiger partial charge in [-0.05, 0) is 80.5 Å². The lowest BCUT2D eigenvalue weighted by molar-refractivity contribution is -0.154. The van der Waals surface area contributed by atoms with Crippen LogP contribution in [0.15, 0.2) is 42.5 Å². The van der Waals surface area contributed by atoms with E-state index in [1.54, 1.807) is 24.3 Å². The number of hydrogen-bond acceptors (Lipinski definition) is 3. The van der Waals surface area contributed by atoms with Crippen LogP contribution in [0.1, 0.15) is 42.4 Å². The van der Waals surface area contributed by atoms with Crippen molar-refractivity contribution in [2.24, 2.45) is 0 Å². The van der Waals surface area contributed by atoms with Crippen molar-refractivity contribution in [1.29, 1.82) is 0 Å². The van der Waals surface area contributed by atoms with E-state index < -0.39 is 11.6 Å². The molecule has 0 saturated heterocycles. The predicted molar refractivity (Wildman–Crippen MR) is 104 cm³/mol. The van der Waals surface area contributed by atoms with Gasteiger partial charge in [0.1, 0.15) is 5.75 Å². The number of carbonyl (C=O) groups excluding carboxylic acids is 1. The summed E-state index contributed by atoms with van der Waals surface area (Å²) in [7, 11) is 0. The maximum absolute atomic E-state index is 12.3. The zero-order valence-corrected chi connectivity index (χ0v) is 15.7. The molecule has 2 aromatic rings. The van der Waals surface area contributed by atoms with Crippen LogP contribution < -0.4 is 10.1 Å². The average molecular weight is 367 g/mol. The molecule has 0 bridgehead atoms. The molecule has 1 aliphatic carbocycles. The van der Waals surface area contributed by atoms with E-state index >= 15 is 0 Å². The van der Waals surface area contributed by atoms with Crippen molar-refractivity contribution < 1.29 is 19.4 Å². The van der Waals surface area contributed by atoms with Crippen LogP contribution in [-0.4, -0.2) is 22.6 Å². The highest BCUT2D eigenvalue weighted by molar-refractivity contribution is 5.92. The van der Waals surface area contributed by atoms with Crippen molar-refractivity contribution in [3.05, 3.63) is 59.2 Å². The van der Waals surface area contributed by atoms with Crippen molar-refractivity contribution in [2.45, 2.75) is 51.6 Å². The largest absolute Gasteiger partial charge is 0.478 e. The molecule has 0 aromatic heterocycles. The van der Waals surface area contributed by atoms with E-state index in [1.165, 1.54) is 5.56 Å². The molecular weight excluding hydrogens is 342 g/mol. The molecule has 1 aliphatic rings. The third kappa shape index (κ3) is 4.48. The van der Waals surface area contributed by atoms with E-state index in [-0.39, 0.29) is 12.3 Å². The summed E-state index contributed by atoms with van der Waals surface area (Å²) in [6, 6.07) is 12.9. The fourth-order valence-corrected chi connectivity index (χ4v) is 3.42. The van der Waals surface area contributed by atoms with Crippen LogP contribution in [0, 0.1) is 13.8 Å². The molecule has 5 nitrogen and oxygen atoms in total. The standard InChI is InChI=1S/C22H25NO4/c1-15-5-8-18(13-16(15)2)23-20(24)14-17-6-9-19(10-7-17)27-22(21(25)26)11-3-4-12-22/h5-10,13H,3-4,11-12,14H2,1-2H3,(H,23,24)(H,25,26). The summed E-state index contributed by atoms with van der Waals surface area (Å²) in [6.45, 7) is 4.04. The summed E-state index contributed by atoms with van der Waals surface area (Å²) >= 11 is 0. The van der Waals surface area contributed by atoms with Crippen LogP contribution in [0.4, 0.5) is 5.69 Å². The number of hydrogen-bond donors (Lipinski definition) is 2. The Balaban J connectivity index is 1.61. The number of aliphatic carboxylic acids is 1. The van der Waals surface area contributed by atoms with E-state index in [9.17, 15) is 14.7 Å². The first kappa shape index (κ1) is 19.0. The van der Waals surface area contributed by atoms with Crippen LogP contribution in [0.25, 0.3) is 0 Å². The minimum Gasteiger partial charge on any atom is -0.478 e. The molecule has 5 heteroatoms. The number of carboxylic acids is 1. The first-order valence-electron chi connectivity index (χ1n) is 9.26. The van der Waals surface area contributed by atoms with Gasteiger partial charge >= 0.3 is 5.97 Å². The van der Waals surface area contributed by atoms with Gasteiger partial charge in [0.15, 0.2) is 0 Å². The second kappa shape index (κ2) is 7.82. The van der Waals surface area contributed by atoms with Gasteiger partial charge in [0.2, 0.25) is 11.5 Å². The summed E-state index contributed by atoms with van der Waals surface area (Å²) in [5.41, 5.74) is 2.84. The number of aryl methyl sites for hydroxylation is 2. The predicted octanol–water partition coefficient (Wildman–Crippen LogP) is 4.26. The summed E-state index contributed by atoms with van der Waals surface area (Å²) in [5.74, 6) is -0.473. The molecule has 142 valence electrons. The van der Waals surface area contributed by atoms with Crippen LogP contribution in [0.5, 0.6) is 5.75 Å². The number of nitrogens with one attached hydrogen (secondary N) is 1. The van der Waals surface area contributed by atoms with E-state index in [4.69, 9.17) is 4.74 Å². The molecule has 0 radical (unpaired) electrons. The van der Waals surface area contributed by atoms with Crippen LogP contribution in [0.3, 0.4) is 0 Å². The molecule has 1 saturated carbocycles. The second-order valence-corrected chi connectivity index (χ2v) is 7.28. The molecule has 0 aliphatic heterocycles. The quantitative estimate of drug-likeness (QED) is 0.800. The average Bonchev–Trinajstić information content (AvgIpc) is 3.10. The van der Waals surface area contributed by atoms with Crippen molar-refractivity contribution in [2.75, 3.05) is 5.32 Å². The number of carboxylic acid groups (broad SMARTS) is 1. The molecule has 1 amide bonds. The van der Waals surface area contributed by atoms with Crippen LogP contribution in [-0.2, 0) is 16.0 Å². The Hall–Kier alpha value is -2.82. The summed E-state index contributed by atoms with van der Waals surface area (Å²) in [4.78, 5) is 23.8. The summed E-state index contributed by atoms with van der Waals surface area (Å²) in [6.07, 6.45) is 3.04. The van der Waals surface area contributed by atoms with E-state index in [2.05, 4.69) is 5.32 Å². The van der Waals surface area contributed by atoms with E-state index in [0.29, 0.717) is 18.6 Å². The lowest BCUT2D eigenvalue weighted by Crippen LogP contribution is -2.41. The Labute approximate surface area is 159 Å². The fourth-order valence-electron chi connectivity index (χ4n) is 3.42. The van der Waals surface area contributed by atoms with Crippen molar-refractivity contribution in [3.63, 3.8) is 0 Å². The van der Waals surface area contributed by atoms with Gasteiger partial charge < -0.3 is 15.2 Å². The zero-order chi connectivity index (χ0) is 19.4. The van der Waals surface area contributed by atoms with E-state index in [0.717, 1.165) is 29.7 Å². The first-order valence-corrected chi connectivity index (χ1v) is 9.26. The second-order valence-electron chi connectivity index (χ2n) is 7.28. The smallest absolute Gasteiger partial charge is 0.348 e. The van der Waals surface area contributed by atoms with Crippen molar-refractivity contribution >= 4 is 17.6 Å². The normalized spacial score (nSPS) is 15.3. The molecule has 1 fully saturated rings. The number of ether oxygens (including phenoxy) is 1. The lowest BCUT2D eigenvalue weighted by atomic mass is 10.0. The molecule has 0 heterocycles. The number of rotatable bonds is 6. The van der Waals surface area contributed by atoms with Gasteiger partial charge in [-0.2, -0.15) is 0 Å². The monoisotopic (exact) mass is 367 g/mol. The van der Waals surface area contributed by atoms with Crippen LogP contribution in [0.2, 0.25) is 0 Å². The number of anilines is 1. The Kier molecular flexibility index (Phi) is 5.49. The van der Waals surface area contributed by atoms with E-state index in [1.807, 2.05) is 32.0 Å². The number of carbonyl (C=O) groups is 2. The minimum atomic E-state index is -1.11. The third-order valence-electron chi connectivity index (χ3n) is 5.19. The highest BCUT2D eigenvalue weighted by atomic mass is 16.5. The van der Waals surface area contributed by atoms with Gasteiger partial charge in [0.05, 0.1) is 6.42 Å². The minimum absolute atomic E-state index is 0.0929. The number of benzene rings is 2. The highest BCUT2D eigenvalue weighted by Crippen LogP contribution is 2.34. The molecule has 2 aromatic carbocycles. The van der Waals surface area contributed by atoms with Gasteiger partial charge in [-0.1, -0.05) is 18.2 Å².